The van der Waals surface area contributed by atoms with Gasteiger partial charge in [0.2, 0.25) is 0 Å². The van der Waals surface area contributed by atoms with E-state index in [-0.39, 0.29) is 6.10 Å². The molecule has 0 saturated carbocycles. The molecule has 0 fully saturated rings. The summed E-state index contributed by atoms with van der Waals surface area (Å²) in [4.78, 5) is 6.87. The molecule has 2 rings (SSSR count). The summed E-state index contributed by atoms with van der Waals surface area (Å²) < 4.78 is 5.88. The highest BCUT2D eigenvalue weighted by Crippen LogP contribution is 2.24. The summed E-state index contributed by atoms with van der Waals surface area (Å²) in [7, 11) is 1.97. The largest absolute Gasteiger partial charge is 0.488 e. The lowest BCUT2D eigenvalue weighted by Crippen LogP contribution is -2.33. The molecule has 5 heteroatoms. The van der Waals surface area contributed by atoms with Gasteiger partial charge in [0.1, 0.15) is 16.8 Å². The Morgan fingerprint density at radius 1 is 1.69 bits per heavy atom. The number of likely N-dealkylation sites (N-methyl/N-ethyl adjacent to an activating group) is 1. The molecule has 1 aromatic rings. The van der Waals surface area contributed by atoms with Gasteiger partial charge in [-0.25, -0.2) is 0 Å². The van der Waals surface area contributed by atoms with Crippen LogP contribution in [0.3, 0.4) is 0 Å². The molecule has 0 aromatic carbocycles. The van der Waals surface area contributed by atoms with E-state index in [1.807, 2.05) is 18.0 Å². The summed E-state index contributed by atoms with van der Waals surface area (Å²) in [5.74, 6) is 1.39. The van der Waals surface area contributed by atoms with E-state index < -0.39 is 0 Å². The van der Waals surface area contributed by atoms with Gasteiger partial charge in [0, 0.05) is 25.3 Å². The third-order valence-corrected chi connectivity index (χ3v) is 3.31. The van der Waals surface area contributed by atoms with Crippen LogP contribution in [0.5, 0.6) is 5.75 Å². The molecule has 2 heterocycles. The fraction of sp³-hybridized carbons (Fsp3) is 0.455. The van der Waals surface area contributed by atoms with Crippen LogP contribution >= 0.6 is 23.8 Å². The van der Waals surface area contributed by atoms with Crippen LogP contribution in [0.1, 0.15) is 12.0 Å². The van der Waals surface area contributed by atoms with Gasteiger partial charge >= 0.3 is 0 Å². The Bertz CT molecular complexity index is 399. The first kappa shape index (κ1) is 11.6. The third-order valence-electron chi connectivity index (χ3n) is 2.56. The Balaban J connectivity index is 2.32. The number of hydrogen-bond acceptors (Lipinski definition) is 3. The zero-order valence-corrected chi connectivity index (χ0v) is 10.6. The van der Waals surface area contributed by atoms with Gasteiger partial charge in [-0.15, -0.1) is 11.6 Å². The summed E-state index contributed by atoms with van der Waals surface area (Å²) in [5, 5.41) is 0. The van der Waals surface area contributed by atoms with Crippen molar-refractivity contribution in [1.29, 1.82) is 0 Å². The maximum absolute atomic E-state index is 5.88. The number of pyridine rings is 1. The van der Waals surface area contributed by atoms with E-state index in [2.05, 4.69) is 4.98 Å². The molecule has 1 unspecified atom stereocenters. The highest BCUT2D eigenvalue weighted by Gasteiger charge is 2.23. The van der Waals surface area contributed by atoms with Gasteiger partial charge in [-0.05, 0) is 12.5 Å². The number of thiocarbonyl (C=S) groups is 1. The van der Waals surface area contributed by atoms with Gasteiger partial charge in [0.25, 0.3) is 0 Å². The fourth-order valence-corrected chi connectivity index (χ4v) is 2.20. The molecule has 0 saturated heterocycles. The quantitative estimate of drug-likeness (QED) is 0.598. The van der Waals surface area contributed by atoms with Gasteiger partial charge in [-0.1, -0.05) is 12.2 Å². The number of alkyl halides is 1. The van der Waals surface area contributed by atoms with E-state index in [9.17, 15) is 0 Å². The van der Waals surface area contributed by atoms with Crippen LogP contribution in [0.2, 0.25) is 0 Å². The van der Waals surface area contributed by atoms with Crippen LogP contribution in [0.25, 0.3) is 0 Å². The van der Waals surface area contributed by atoms with Crippen LogP contribution in [0.15, 0.2) is 18.5 Å². The van der Waals surface area contributed by atoms with Crippen molar-refractivity contribution in [2.45, 2.75) is 12.5 Å². The molecule has 0 bridgehead atoms. The number of hydrogen-bond donors (Lipinski definition) is 0. The number of ether oxygens (including phenoxy) is 1. The van der Waals surface area contributed by atoms with Crippen molar-refractivity contribution in [1.82, 2.24) is 9.88 Å². The standard InChI is InChI=1S/C11H13ClN2OS/c1-14-7-8(2-4-12)15-10-3-5-13-6-9(10)11(14)16/h3,5-6,8H,2,4,7H2,1H3. The monoisotopic (exact) mass is 256 g/mol. The van der Waals surface area contributed by atoms with Gasteiger partial charge in [0.15, 0.2) is 0 Å². The van der Waals surface area contributed by atoms with Crippen molar-refractivity contribution in [3.8, 4) is 5.75 Å². The number of fused-ring (bicyclic) bond motifs is 1. The minimum atomic E-state index is 0.0871. The highest BCUT2D eigenvalue weighted by molar-refractivity contribution is 7.80. The topological polar surface area (TPSA) is 25.4 Å². The van der Waals surface area contributed by atoms with Gasteiger partial charge < -0.3 is 9.64 Å². The second kappa shape index (κ2) is 4.97. The van der Waals surface area contributed by atoms with Crippen molar-refractivity contribution in [3.05, 3.63) is 24.0 Å². The molecule has 0 N–H and O–H groups in total. The average Bonchev–Trinajstić information content (AvgIpc) is 2.39. The van der Waals surface area contributed by atoms with E-state index in [1.165, 1.54) is 0 Å². The van der Waals surface area contributed by atoms with Crippen molar-refractivity contribution >= 4 is 28.8 Å². The van der Waals surface area contributed by atoms with Gasteiger partial charge in [0.05, 0.1) is 12.1 Å². The molecule has 3 nitrogen and oxygen atoms in total. The lowest BCUT2D eigenvalue weighted by molar-refractivity contribution is 0.179. The predicted octanol–water partition coefficient (Wildman–Crippen LogP) is 2.08. The van der Waals surface area contributed by atoms with Crippen molar-refractivity contribution in [2.75, 3.05) is 19.5 Å². The van der Waals surface area contributed by atoms with Crippen molar-refractivity contribution < 1.29 is 4.74 Å². The number of rotatable bonds is 2. The molecule has 0 spiro atoms. The molecule has 1 atom stereocenters. The molecule has 86 valence electrons. The minimum absolute atomic E-state index is 0.0871. The molecular formula is C11H13ClN2OS. The zero-order valence-electron chi connectivity index (χ0n) is 9.02. The van der Waals surface area contributed by atoms with Crippen molar-refractivity contribution in [3.63, 3.8) is 0 Å². The summed E-state index contributed by atoms with van der Waals surface area (Å²) >= 11 is 11.1. The molecular weight excluding hydrogens is 244 g/mol. The van der Waals surface area contributed by atoms with Crippen molar-refractivity contribution in [2.24, 2.45) is 0 Å². The Morgan fingerprint density at radius 3 is 3.25 bits per heavy atom. The molecule has 1 aliphatic rings. The lowest BCUT2D eigenvalue weighted by atomic mass is 10.2. The fourth-order valence-electron chi connectivity index (χ4n) is 1.73. The smallest absolute Gasteiger partial charge is 0.133 e. The lowest BCUT2D eigenvalue weighted by Gasteiger charge is -2.20. The summed E-state index contributed by atoms with van der Waals surface area (Å²) in [5.41, 5.74) is 0.886. The first-order valence-corrected chi connectivity index (χ1v) is 6.08. The molecule has 0 aliphatic carbocycles. The van der Waals surface area contributed by atoms with E-state index in [0.717, 1.165) is 29.3 Å². The van der Waals surface area contributed by atoms with Crippen LogP contribution < -0.4 is 4.74 Å². The van der Waals surface area contributed by atoms with Crippen LogP contribution in [-0.4, -0.2) is 40.4 Å². The first-order chi connectivity index (χ1) is 7.72. The number of halogens is 1. The Kier molecular flexibility index (Phi) is 3.61. The molecule has 16 heavy (non-hydrogen) atoms. The number of nitrogens with zero attached hydrogens (tertiary/aromatic N) is 2. The zero-order chi connectivity index (χ0) is 11.5. The van der Waals surface area contributed by atoms with E-state index in [0.29, 0.717) is 5.88 Å². The van der Waals surface area contributed by atoms with Gasteiger partial charge in [-0.3, -0.25) is 4.98 Å². The summed E-state index contributed by atoms with van der Waals surface area (Å²) in [6.45, 7) is 0.764. The maximum Gasteiger partial charge on any atom is 0.133 e. The van der Waals surface area contributed by atoms with Crippen LogP contribution in [0.4, 0.5) is 0 Å². The second-order valence-electron chi connectivity index (χ2n) is 3.78. The first-order valence-electron chi connectivity index (χ1n) is 5.14. The second-order valence-corrected chi connectivity index (χ2v) is 4.54. The average molecular weight is 257 g/mol. The van der Waals surface area contributed by atoms with E-state index in [4.69, 9.17) is 28.6 Å². The Hall–Kier alpha value is -0.870. The molecule has 1 aliphatic heterocycles. The van der Waals surface area contributed by atoms with Crippen LogP contribution in [0, 0.1) is 0 Å². The maximum atomic E-state index is 5.88. The molecule has 0 radical (unpaired) electrons. The Morgan fingerprint density at radius 2 is 2.50 bits per heavy atom. The predicted molar refractivity (Wildman–Crippen MR) is 68.3 cm³/mol. The van der Waals surface area contributed by atoms with Crippen LogP contribution in [-0.2, 0) is 0 Å². The molecule has 1 aromatic heterocycles. The molecule has 0 amide bonds. The Labute approximate surface area is 105 Å². The van der Waals surface area contributed by atoms with E-state index >= 15 is 0 Å². The summed E-state index contributed by atoms with van der Waals surface area (Å²) in [6.07, 6.45) is 4.36. The minimum Gasteiger partial charge on any atom is -0.488 e. The number of aromatic nitrogens is 1. The summed E-state index contributed by atoms with van der Waals surface area (Å²) in [6, 6.07) is 1.85. The van der Waals surface area contributed by atoms with E-state index in [1.54, 1.807) is 12.4 Å². The van der Waals surface area contributed by atoms with Gasteiger partial charge in [-0.2, -0.15) is 0 Å². The third kappa shape index (κ3) is 2.28. The SMILES string of the molecule is CN1CC(CCCl)Oc2ccncc2C1=S. The highest BCUT2D eigenvalue weighted by atomic mass is 35.5. The normalized spacial score (nSPS) is 20.0.